The van der Waals surface area contributed by atoms with Crippen LogP contribution in [0.5, 0.6) is 5.75 Å². The minimum Gasteiger partial charge on any atom is -0.406 e. The van der Waals surface area contributed by atoms with Gasteiger partial charge in [-0.05, 0) is 73.3 Å². The number of alkyl halides is 5. The van der Waals surface area contributed by atoms with Crippen molar-refractivity contribution in [1.29, 1.82) is 0 Å². The Morgan fingerprint density at radius 3 is 2.00 bits per heavy atom. The Balaban J connectivity index is 1.49. The lowest BCUT2D eigenvalue weighted by Crippen LogP contribution is -2.24. The topological polar surface area (TPSA) is 18.5 Å². The first-order valence-corrected chi connectivity index (χ1v) is 10.7. The van der Waals surface area contributed by atoms with Crippen LogP contribution in [0, 0.1) is 5.92 Å². The number of ether oxygens (including phenoxy) is 2. The Labute approximate surface area is 185 Å². The van der Waals surface area contributed by atoms with Crippen LogP contribution in [-0.2, 0) is 17.8 Å². The van der Waals surface area contributed by atoms with Crippen LogP contribution in [-0.4, -0.2) is 12.5 Å². The molecule has 0 saturated heterocycles. The lowest BCUT2D eigenvalue weighted by molar-refractivity contribution is -0.274. The highest BCUT2D eigenvalue weighted by atomic mass is 19.4. The van der Waals surface area contributed by atoms with Crippen molar-refractivity contribution in [2.75, 3.05) is 0 Å². The second kappa shape index (κ2) is 10.5. The second-order valence-corrected chi connectivity index (χ2v) is 8.17. The third-order valence-electron chi connectivity index (χ3n) is 5.70. The molecule has 0 spiro atoms. The lowest BCUT2D eigenvalue weighted by atomic mass is 9.78. The summed E-state index contributed by atoms with van der Waals surface area (Å²) < 4.78 is 73.5. The molecule has 0 N–H and O–H groups in total. The van der Waals surface area contributed by atoms with Crippen molar-refractivity contribution in [2.45, 2.75) is 64.0 Å². The molecule has 1 aliphatic rings. The van der Waals surface area contributed by atoms with Gasteiger partial charge >= 0.3 is 12.5 Å². The lowest BCUT2D eigenvalue weighted by Gasteiger charge is -2.27. The summed E-state index contributed by atoms with van der Waals surface area (Å²) in [6.07, 6.45) is -0.0796. The van der Waals surface area contributed by atoms with Crippen molar-refractivity contribution >= 4 is 0 Å². The molecule has 1 aliphatic carbocycles. The summed E-state index contributed by atoms with van der Waals surface area (Å²) >= 11 is 0. The molecule has 0 bridgehead atoms. The average Bonchev–Trinajstić information content (AvgIpc) is 2.74. The van der Waals surface area contributed by atoms with Crippen molar-refractivity contribution in [1.82, 2.24) is 0 Å². The standard InChI is InChI=1S/C25H27F5O2/c1-2-3-18-4-10-21(11-5-18)22-12-6-20(7-13-22)17-31-24(26,27)16-19-8-14-23(15-9-19)32-25(28,29)30/h2-3,6-9,12-15,18,21H,4-5,10-11,16-17H2,1H3/b3-2+. The molecular weight excluding hydrogens is 427 g/mol. The Hall–Kier alpha value is -2.41. The first-order valence-electron chi connectivity index (χ1n) is 10.7. The van der Waals surface area contributed by atoms with Crippen LogP contribution < -0.4 is 4.74 Å². The molecule has 0 amide bonds. The molecule has 1 fully saturated rings. The van der Waals surface area contributed by atoms with Gasteiger partial charge in [0.1, 0.15) is 5.75 Å². The molecular formula is C25H27F5O2. The van der Waals surface area contributed by atoms with Crippen molar-refractivity contribution in [3.63, 3.8) is 0 Å². The van der Waals surface area contributed by atoms with Crippen molar-refractivity contribution < 1.29 is 31.4 Å². The van der Waals surface area contributed by atoms with Crippen LogP contribution in [0.15, 0.2) is 60.7 Å². The van der Waals surface area contributed by atoms with Gasteiger partial charge in [-0.25, -0.2) is 0 Å². The van der Waals surface area contributed by atoms with E-state index in [4.69, 9.17) is 4.74 Å². The summed E-state index contributed by atoms with van der Waals surface area (Å²) in [4.78, 5) is 0. The second-order valence-electron chi connectivity index (χ2n) is 8.17. The highest BCUT2D eigenvalue weighted by Gasteiger charge is 2.32. The van der Waals surface area contributed by atoms with Crippen LogP contribution in [0.4, 0.5) is 22.0 Å². The van der Waals surface area contributed by atoms with E-state index in [1.807, 2.05) is 31.2 Å². The Bertz CT molecular complexity index is 865. The van der Waals surface area contributed by atoms with Crippen LogP contribution in [0.2, 0.25) is 0 Å². The summed E-state index contributed by atoms with van der Waals surface area (Å²) in [5.74, 6) is 0.692. The molecule has 1 saturated carbocycles. The van der Waals surface area contributed by atoms with Crippen molar-refractivity contribution in [3.8, 4) is 5.75 Å². The molecule has 0 aliphatic heterocycles. The minimum absolute atomic E-state index is 0.147. The Morgan fingerprint density at radius 2 is 1.44 bits per heavy atom. The molecule has 0 aromatic heterocycles. The summed E-state index contributed by atoms with van der Waals surface area (Å²) in [7, 11) is 0. The zero-order valence-corrected chi connectivity index (χ0v) is 17.9. The highest BCUT2D eigenvalue weighted by Crippen LogP contribution is 2.36. The van der Waals surface area contributed by atoms with Gasteiger partial charge in [0, 0.05) is 0 Å². The largest absolute Gasteiger partial charge is 0.573 e. The van der Waals surface area contributed by atoms with Gasteiger partial charge in [0.05, 0.1) is 13.0 Å². The van der Waals surface area contributed by atoms with E-state index >= 15 is 0 Å². The molecule has 0 radical (unpaired) electrons. The van der Waals surface area contributed by atoms with E-state index in [1.54, 1.807) is 0 Å². The zero-order chi connectivity index (χ0) is 23.2. The van der Waals surface area contributed by atoms with Crippen LogP contribution in [0.3, 0.4) is 0 Å². The van der Waals surface area contributed by atoms with E-state index in [1.165, 1.54) is 5.56 Å². The third-order valence-corrected chi connectivity index (χ3v) is 5.70. The highest BCUT2D eigenvalue weighted by molar-refractivity contribution is 5.28. The van der Waals surface area contributed by atoms with Crippen LogP contribution in [0.1, 0.15) is 55.2 Å². The van der Waals surface area contributed by atoms with Crippen molar-refractivity contribution in [2.24, 2.45) is 5.92 Å². The number of hydrogen-bond donors (Lipinski definition) is 0. The molecule has 2 aromatic rings. The summed E-state index contributed by atoms with van der Waals surface area (Å²) in [5, 5.41) is 0. The average molecular weight is 454 g/mol. The maximum atomic E-state index is 14.2. The predicted octanol–water partition coefficient (Wildman–Crippen LogP) is 7.79. The molecule has 7 heteroatoms. The first-order chi connectivity index (χ1) is 15.1. The summed E-state index contributed by atoms with van der Waals surface area (Å²) in [5.41, 5.74) is 2.01. The van der Waals surface area contributed by atoms with Gasteiger partial charge in [-0.3, -0.25) is 0 Å². The predicted molar refractivity (Wildman–Crippen MR) is 113 cm³/mol. The van der Waals surface area contributed by atoms with Gasteiger partial charge < -0.3 is 9.47 Å². The van der Waals surface area contributed by atoms with E-state index in [0.29, 0.717) is 17.4 Å². The Morgan fingerprint density at radius 1 is 0.844 bits per heavy atom. The molecule has 0 heterocycles. The normalized spacial score (nSPS) is 19.9. The fourth-order valence-corrected chi connectivity index (χ4v) is 4.09. The van der Waals surface area contributed by atoms with Crippen LogP contribution >= 0.6 is 0 Å². The molecule has 0 unspecified atom stereocenters. The monoisotopic (exact) mass is 454 g/mol. The Kier molecular flexibility index (Phi) is 7.93. The third kappa shape index (κ3) is 7.62. The summed E-state index contributed by atoms with van der Waals surface area (Å²) in [6, 6.07) is 11.9. The molecule has 2 aromatic carbocycles. The SMILES string of the molecule is C/C=C/C1CCC(c2ccc(COC(F)(F)Cc3ccc(OC(F)(F)F)cc3)cc2)CC1. The van der Waals surface area contributed by atoms with E-state index < -0.39 is 24.6 Å². The number of hydrogen-bond acceptors (Lipinski definition) is 2. The van der Waals surface area contributed by atoms with Gasteiger partial charge in [-0.1, -0.05) is 48.6 Å². The van der Waals surface area contributed by atoms with E-state index in [2.05, 4.69) is 16.9 Å². The minimum atomic E-state index is -4.82. The van der Waals surface area contributed by atoms with Gasteiger partial charge in [0.2, 0.25) is 0 Å². The first kappa shape index (κ1) is 24.2. The molecule has 174 valence electrons. The van der Waals surface area contributed by atoms with E-state index in [-0.39, 0.29) is 12.2 Å². The fourth-order valence-electron chi connectivity index (χ4n) is 4.09. The van der Waals surface area contributed by atoms with Gasteiger partial charge in [0.25, 0.3) is 0 Å². The number of allylic oxidation sites excluding steroid dienone is 2. The van der Waals surface area contributed by atoms with Gasteiger partial charge in [-0.2, -0.15) is 8.78 Å². The molecule has 3 rings (SSSR count). The maximum Gasteiger partial charge on any atom is 0.573 e. The molecule has 0 atom stereocenters. The fraction of sp³-hybridized carbons (Fsp3) is 0.440. The zero-order valence-electron chi connectivity index (χ0n) is 17.9. The van der Waals surface area contributed by atoms with Crippen LogP contribution in [0.25, 0.3) is 0 Å². The molecule has 2 nitrogen and oxygen atoms in total. The maximum absolute atomic E-state index is 14.2. The number of halogens is 5. The number of rotatable bonds is 8. The van der Waals surface area contributed by atoms with Crippen molar-refractivity contribution in [3.05, 3.63) is 77.4 Å². The molecule has 32 heavy (non-hydrogen) atoms. The number of benzene rings is 2. The van der Waals surface area contributed by atoms with E-state index in [0.717, 1.165) is 49.9 Å². The summed E-state index contributed by atoms with van der Waals surface area (Å²) in [6.45, 7) is 1.79. The van der Waals surface area contributed by atoms with Gasteiger partial charge in [0.15, 0.2) is 0 Å². The van der Waals surface area contributed by atoms with E-state index in [9.17, 15) is 22.0 Å². The quantitative estimate of drug-likeness (QED) is 0.299. The van der Waals surface area contributed by atoms with Gasteiger partial charge in [-0.15, -0.1) is 13.2 Å². The smallest absolute Gasteiger partial charge is 0.406 e.